The van der Waals surface area contributed by atoms with Gasteiger partial charge in [0.05, 0.1) is 18.1 Å². The summed E-state index contributed by atoms with van der Waals surface area (Å²) in [6.07, 6.45) is 7.30. The van der Waals surface area contributed by atoms with E-state index in [1.165, 1.54) is 18.4 Å². The highest BCUT2D eigenvalue weighted by Crippen LogP contribution is 2.17. The van der Waals surface area contributed by atoms with Crippen LogP contribution in [0.5, 0.6) is 0 Å². The molecule has 0 saturated heterocycles. The van der Waals surface area contributed by atoms with Crippen molar-refractivity contribution in [1.29, 1.82) is 0 Å². The van der Waals surface area contributed by atoms with E-state index in [0.717, 1.165) is 18.7 Å². The van der Waals surface area contributed by atoms with Gasteiger partial charge in [0.2, 0.25) is 0 Å². The van der Waals surface area contributed by atoms with E-state index in [-0.39, 0.29) is 0 Å². The lowest BCUT2D eigenvalue weighted by atomic mass is 10.1. The van der Waals surface area contributed by atoms with Gasteiger partial charge in [0.15, 0.2) is 0 Å². The summed E-state index contributed by atoms with van der Waals surface area (Å²) in [5.41, 5.74) is 2.47. The van der Waals surface area contributed by atoms with Crippen molar-refractivity contribution < 1.29 is 0 Å². The minimum Gasteiger partial charge on any atom is -0.383 e. The van der Waals surface area contributed by atoms with Crippen LogP contribution in [-0.4, -0.2) is 16.7 Å². The molecule has 11 heavy (non-hydrogen) atoms. The summed E-state index contributed by atoms with van der Waals surface area (Å²) in [5, 5.41) is 11.0. The van der Waals surface area contributed by atoms with Crippen LogP contribution in [0.15, 0.2) is 12.4 Å². The Morgan fingerprint density at radius 2 is 2.09 bits per heavy atom. The highest BCUT2D eigenvalue weighted by Gasteiger charge is 2.05. The lowest BCUT2D eigenvalue weighted by Gasteiger charge is -2.03. The molecule has 1 aliphatic heterocycles. The van der Waals surface area contributed by atoms with E-state index < -0.39 is 0 Å². The molecule has 0 aliphatic carbocycles. The molecular weight excluding hydrogens is 138 g/mol. The molecule has 0 atom stereocenters. The Morgan fingerprint density at radius 3 is 3.09 bits per heavy atom. The van der Waals surface area contributed by atoms with E-state index in [1.54, 1.807) is 6.20 Å². The molecule has 1 aliphatic rings. The number of fused-ring (bicyclic) bond motifs is 1. The van der Waals surface area contributed by atoms with Crippen molar-refractivity contribution in [2.45, 2.75) is 19.3 Å². The Morgan fingerprint density at radius 1 is 1.18 bits per heavy atom. The van der Waals surface area contributed by atoms with E-state index >= 15 is 0 Å². The van der Waals surface area contributed by atoms with Crippen LogP contribution in [0.4, 0.5) is 5.69 Å². The maximum atomic E-state index is 3.85. The predicted molar refractivity (Wildman–Crippen MR) is 43.5 cm³/mol. The van der Waals surface area contributed by atoms with E-state index in [4.69, 9.17) is 0 Å². The van der Waals surface area contributed by atoms with Crippen LogP contribution < -0.4 is 5.32 Å². The average Bonchev–Trinajstić information content (AvgIpc) is 2.28. The van der Waals surface area contributed by atoms with Gasteiger partial charge in [-0.25, -0.2) is 0 Å². The second-order valence-electron chi connectivity index (χ2n) is 2.81. The van der Waals surface area contributed by atoms with Crippen LogP contribution in [0.25, 0.3) is 0 Å². The summed E-state index contributed by atoms with van der Waals surface area (Å²) < 4.78 is 0. The first-order valence-electron chi connectivity index (χ1n) is 4.00. The molecule has 1 N–H and O–H groups in total. The van der Waals surface area contributed by atoms with Crippen molar-refractivity contribution in [1.82, 2.24) is 10.2 Å². The molecule has 3 heteroatoms. The van der Waals surface area contributed by atoms with Gasteiger partial charge in [-0.05, 0) is 24.8 Å². The van der Waals surface area contributed by atoms with Crippen LogP contribution in [0.3, 0.4) is 0 Å². The molecule has 0 amide bonds. The largest absolute Gasteiger partial charge is 0.383 e. The minimum atomic E-state index is 1.07. The first-order chi connectivity index (χ1) is 5.47. The van der Waals surface area contributed by atoms with Gasteiger partial charge in [0, 0.05) is 6.54 Å². The van der Waals surface area contributed by atoms with Crippen molar-refractivity contribution in [3.63, 3.8) is 0 Å². The van der Waals surface area contributed by atoms with Crippen molar-refractivity contribution in [3.8, 4) is 0 Å². The van der Waals surface area contributed by atoms with Crippen LogP contribution >= 0.6 is 0 Å². The quantitative estimate of drug-likeness (QED) is 0.602. The zero-order chi connectivity index (χ0) is 7.52. The second kappa shape index (κ2) is 2.86. The standard InChI is InChI=1S/C8H11N3/c1-2-4-9-8-6-11-10-5-7(8)3-1/h5-6,9H,1-4H2. The molecule has 0 unspecified atom stereocenters. The maximum Gasteiger partial charge on any atom is 0.0730 e. The SMILES string of the molecule is c1nncc2c1CCCCN2. The smallest absolute Gasteiger partial charge is 0.0730 e. The zero-order valence-electron chi connectivity index (χ0n) is 6.38. The highest BCUT2D eigenvalue weighted by molar-refractivity contribution is 5.48. The van der Waals surface area contributed by atoms with Crippen LogP contribution in [-0.2, 0) is 6.42 Å². The molecule has 0 fully saturated rings. The summed E-state index contributed by atoms with van der Waals surface area (Å²) in [4.78, 5) is 0. The Balaban J connectivity index is 2.33. The Bertz CT molecular complexity index is 222. The van der Waals surface area contributed by atoms with E-state index in [1.807, 2.05) is 6.20 Å². The fraction of sp³-hybridized carbons (Fsp3) is 0.500. The Labute approximate surface area is 65.8 Å². The predicted octanol–water partition coefficient (Wildman–Crippen LogP) is 1.22. The summed E-state index contributed by atoms with van der Waals surface area (Å²) in [6, 6.07) is 0. The third-order valence-electron chi connectivity index (χ3n) is 2.00. The van der Waals surface area contributed by atoms with Crippen LogP contribution in [0.2, 0.25) is 0 Å². The summed E-state index contributed by atoms with van der Waals surface area (Å²) in [7, 11) is 0. The minimum absolute atomic E-state index is 1.07. The molecular formula is C8H11N3. The van der Waals surface area contributed by atoms with Crippen molar-refractivity contribution in [3.05, 3.63) is 18.0 Å². The second-order valence-corrected chi connectivity index (χ2v) is 2.81. The lowest BCUT2D eigenvalue weighted by molar-refractivity contribution is 0.783. The van der Waals surface area contributed by atoms with Crippen molar-refractivity contribution in [2.24, 2.45) is 0 Å². The first kappa shape index (κ1) is 6.58. The number of anilines is 1. The van der Waals surface area contributed by atoms with Crippen LogP contribution in [0, 0.1) is 0 Å². The highest BCUT2D eigenvalue weighted by atomic mass is 15.1. The molecule has 2 heterocycles. The Hall–Kier alpha value is -1.12. The van der Waals surface area contributed by atoms with Crippen LogP contribution in [0.1, 0.15) is 18.4 Å². The fourth-order valence-electron chi connectivity index (χ4n) is 1.37. The van der Waals surface area contributed by atoms with Gasteiger partial charge < -0.3 is 5.32 Å². The monoisotopic (exact) mass is 149 g/mol. The number of nitrogens with one attached hydrogen (secondary N) is 1. The summed E-state index contributed by atoms with van der Waals surface area (Å²) in [6.45, 7) is 1.07. The molecule has 0 spiro atoms. The van der Waals surface area contributed by atoms with Crippen molar-refractivity contribution in [2.75, 3.05) is 11.9 Å². The number of aryl methyl sites for hydroxylation is 1. The number of nitrogens with zero attached hydrogens (tertiary/aromatic N) is 2. The van der Waals surface area contributed by atoms with Gasteiger partial charge in [0.1, 0.15) is 0 Å². The van der Waals surface area contributed by atoms with E-state index in [2.05, 4.69) is 15.5 Å². The van der Waals surface area contributed by atoms with Gasteiger partial charge in [-0.2, -0.15) is 10.2 Å². The van der Waals surface area contributed by atoms with Gasteiger partial charge in [-0.15, -0.1) is 0 Å². The van der Waals surface area contributed by atoms with Gasteiger partial charge in [0.25, 0.3) is 0 Å². The van der Waals surface area contributed by atoms with E-state index in [9.17, 15) is 0 Å². The molecule has 0 saturated carbocycles. The number of hydrogen-bond donors (Lipinski definition) is 1. The lowest BCUT2D eigenvalue weighted by Crippen LogP contribution is -2.00. The van der Waals surface area contributed by atoms with Gasteiger partial charge in [-0.3, -0.25) is 0 Å². The van der Waals surface area contributed by atoms with Gasteiger partial charge in [-0.1, -0.05) is 0 Å². The number of aromatic nitrogens is 2. The molecule has 1 aromatic heterocycles. The Kier molecular flexibility index (Phi) is 1.71. The molecule has 1 aromatic rings. The number of rotatable bonds is 0. The summed E-state index contributed by atoms with van der Waals surface area (Å²) in [5.74, 6) is 0. The maximum absolute atomic E-state index is 3.85. The zero-order valence-corrected chi connectivity index (χ0v) is 6.38. The molecule has 0 radical (unpaired) electrons. The van der Waals surface area contributed by atoms with Gasteiger partial charge >= 0.3 is 0 Å². The first-order valence-corrected chi connectivity index (χ1v) is 4.00. The molecule has 2 rings (SSSR count). The summed E-state index contributed by atoms with van der Waals surface area (Å²) >= 11 is 0. The third-order valence-corrected chi connectivity index (χ3v) is 2.00. The number of hydrogen-bond acceptors (Lipinski definition) is 3. The normalized spacial score (nSPS) is 16.4. The average molecular weight is 149 g/mol. The topological polar surface area (TPSA) is 37.8 Å². The fourth-order valence-corrected chi connectivity index (χ4v) is 1.37. The molecule has 0 aromatic carbocycles. The molecule has 3 nitrogen and oxygen atoms in total. The van der Waals surface area contributed by atoms with Crippen molar-refractivity contribution >= 4 is 5.69 Å². The third kappa shape index (κ3) is 1.31. The van der Waals surface area contributed by atoms with E-state index in [0.29, 0.717) is 0 Å². The molecule has 58 valence electrons. The molecule has 0 bridgehead atoms.